The van der Waals surface area contributed by atoms with E-state index < -0.39 is 0 Å². The minimum atomic E-state index is 0.175. The SMILES string of the molecule is CN(C)CC(C)(C)CNN=N. The highest BCUT2D eigenvalue weighted by molar-refractivity contribution is 4.72. The van der Waals surface area contributed by atoms with E-state index in [9.17, 15) is 0 Å². The Balaban J connectivity index is 3.69. The molecule has 4 nitrogen and oxygen atoms in total. The molecule has 0 atom stereocenters. The summed E-state index contributed by atoms with van der Waals surface area (Å²) in [6.07, 6.45) is 0. The van der Waals surface area contributed by atoms with E-state index >= 15 is 0 Å². The van der Waals surface area contributed by atoms with Gasteiger partial charge in [0.1, 0.15) is 0 Å². The van der Waals surface area contributed by atoms with Crippen LogP contribution in [-0.2, 0) is 0 Å². The van der Waals surface area contributed by atoms with Crippen molar-refractivity contribution in [3.63, 3.8) is 0 Å². The van der Waals surface area contributed by atoms with Crippen molar-refractivity contribution in [2.45, 2.75) is 13.8 Å². The van der Waals surface area contributed by atoms with Crippen molar-refractivity contribution in [2.75, 3.05) is 27.2 Å². The summed E-state index contributed by atoms with van der Waals surface area (Å²) in [5, 5.41) is 3.11. The monoisotopic (exact) mass is 158 g/mol. The Morgan fingerprint density at radius 2 is 2.00 bits per heavy atom. The van der Waals surface area contributed by atoms with Crippen LogP contribution >= 0.6 is 0 Å². The van der Waals surface area contributed by atoms with Crippen LogP contribution < -0.4 is 5.43 Å². The first-order chi connectivity index (χ1) is 4.98. The quantitative estimate of drug-likeness (QED) is 0.465. The van der Waals surface area contributed by atoms with E-state index in [-0.39, 0.29) is 5.41 Å². The highest BCUT2D eigenvalue weighted by atomic mass is 15.4. The van der Waals surface area contributed by atoms with Gasteiger partial charge in [0.25, 0.3) is 0 Å². The predicted molar refractivity (Wildman–Crippen MR) is 45.5 cm³/mol. The molecule has 0 aromatic heterocycles. The maximum Gasteiger partial charge on any atom is 0.0409 e. The molecule has 11 heavy (non-hydrogen) atoms. The zero-order valence-corrected chi connectivity index (χ0v) is 7.81. The molecule has 2 N–H and O–H groups in total. The molecule has 0 aliphatic heterocycles. The first kappa shape index (κ1) is 10.4. The molecule has 0 rings (SSSR count). The first-order valence-electron chi connectivity index (χ1n) is 3.72. The summed E-state index contributed by atoms with van der Waals surface area (Å²) in [5.74, 6) is 0. The van der Waals surface area contributed by atoms with E-state index in [1.165, 1.54) is 0 Å². The molecule has 0 radical (unpaired) electrons. The Morgan fingerprint density at radius 3 is 2.36 bits per heavy atom. The average Bonchev–Trinajstić information content (AvgIpc) is 1.81. The summed E-state index contributed by atoms with van der Waals surface area (Å²) in [7, 11) is 4.08. The number of rotatable bonds is 5. The average molecular weight is 158 g/mol. The smallest absolute Gasteiger partial charge is 0.0409 e. The van der Waals surface area contributed by atoms with Crippen LogP contribution in [0.3, 0.4) is 0 Å². The molecular weight excluding hydrogens is 140 g/mol. The number of hydrogen-bond donors (Lipinski definition) is 2. The summed E-state index contributed by atoms with van der Waals surface area (Å²) in [4.78, 5) is 2.13. The molecule has 0 amide bonds. The third-order valence-electron chi connectivity index (χ3n) is 1.38. The molecule has 0 fully saturated rings. The van der Waals surface area contributed by atoms with Gasteiger partial charge in [-0.1, -0.05) is 19.1 Å². The van der Waals surface area contributed by atoms with E-state index in [0.29, 0.717) is 0 Å². The molecule has 0 unspecified atom stereocenters. The van der Waals surface area contributed by atoms with Crippen LogP contribution in [0.4, 0.5) is 0 Å². The van der Waals surface area contributed by atoms with Crippen LogP contribution in [0.5, 0.6) is 0 Å². The first-order valence-corrected chi connectivity index (χ1v) is 3.72. The lowest BCUT2D eigenvalue weighted by atomic mass is 9.93. The summed E-state index contributed by atoms with van der Waals surface area (Å²) in [6.45, 7) is 6.03. The summed E-state index contributed by atoms with van der Waals surface area (Å²) >= 11 is 0. The van der Waals surface area contributed by atoms with Gasteiger partial charge in [-0.25, -0.2) is 0 Å². The Labute approximate surface area is 68.4 Å². The standard InChI is InChI=1S/C7H18N4/c1-7(2,5-9-10-8)6-11(3)4/h5-6H2,1-4H3,(H2,8,9). The Bertz CT molecular complexity index is 120. The molecule has 0 bridgehead atoms. The number of nitrogens with zero attached hydrogens (tertiary/aromatic N) is 2. The third-order valence-corrected chi connectivity index (χ3v) is 1.38. The van der Waals surface area contributed by atoms with E-state index in [1.54, 1.807) is 0 Å². The van der Waals surface area contributed by atoms with Crippen LogP contribution in [0.15, 0.2) is 5.22 Å². The van der Waals surface area contributed by atoms with Gasteiger partial charge in [-0.15, -0.1) is 0 Å². The second kappa shape index (κ2) is 4.28. The molecule has 4 heteroatoms. The molecule has 0 aromatic carbocycles. The molecule has 0 saturated heterocycles. The van der Waals surface area contributed by atoms with Crippen LogP contribution in [0.1, 0.15) is 13.8 Å². The Morgan fingerprint density at radius 1 is 1.45 bits per heavy atom. The molecule has 0 heterocycles. The maximum absolute atomic E-state index is 6.57. The third kappa shape index (κ3) is 5.79. The van der Waals surface area contributed by atoms with Gasteiger partial charge in [-0.05, 0) is 19.5 Å². The Hall–Kier alpha value is -0.640. The van der Waals surface area contributed by atoms with Gasteiger partial charge in [-0.2, -0.15) is 5.53 Å². The summed E-state index contributed by atoms with van der Waals surface area (Å²) < 4.78 is 0. The minimum absolute atomic E-state index is 0.175. The van der Waals surface area contributed by atoms with E-state index in [4.69, 9.17) is 5.53 Å². The second-order valence-electron chi connectivity index (χ2n) is 3.85. The fraction of sp³-hybridized carbons (Fsp3) is 1.00. The molecular formula is C7H18N4. The predicted octanol–water partition coefficient (Wildman–Crippen LogP) is 1.11. The highest BCUT2D eigenvalue weighted by Crippen LogP contribution is 2.13. The van der Waals surface area contributed by atoms with Gasteiger partial charge >= 0.3 is 0 Å². The molecule has 0 spiro atoms. The summed E-state index contributed by atoms with van der Waals surface area (Å²) in [6, 6.07) is 0. The topological polar surface area (TPSA) is 51.5 Å². The number of hydrogen-bond acceptors (Lipinski definition) is 3. The fourth-order valence-corrected chi connectivity index (χ4v) is 1.17. The zero-order chi connectivity index (χ0) is 8.91. The second-order valence-corrected chi connectivity index (χ2v) is 3.85. The normalized spacial score (nSPS) is 11.7. The zero-order valence-electron chi connectivity index (χ0n) is 7.81. The maximum atomic E-state index is 6.57. The largest absolute Gasteiger partial charge is 0.309 e. The van der Waals surface area contributed by atoms with E-state index in [0.717, 1.165) is 13.1 Å². The lowest BCUT2D eigenvalue weighted by Gasteiger charge is -2.27. The molecule has 0 aliphatic carbocycles. The van der Waals surface area contributed by atoms with Crippen molar-refractivity contribution < 1.29 is 0 Å². The van der Waals surface area contributed by atoms with Crippen LogP contribution in [0.2, 0.25) is 0 Å². The van der Waals surface area contributed by atoms with E-state index in [2.05, 4.69) is 29.4 Å². The van der Waals surface area contributed by atoms with Crippen molar-refractivity contribution in [2.24, 2.45) is 10.6 Å². The van der Waals surface area contributed by atoms with Crippen LogP contribution in [-0.4, -0.2) is 32.1 Å². The van der Waals surface area contributed by atoms with Crippen molar-refractivity contribution in [1.82, 2.24) is 10.3 Å². The van der Waals surface area contributed by atoms with E-state index in [1.807, 2.05) is 14.1 Å². The van der Waals surface area contributed by atoms with Crippen molar-refractivity contribution in [3.05, 3.63) is 0 Å². The van der Waals surface area contributed by atoms with Gasteiger partial charge in [0.15, 0.2) is 0 Å². The highest BCUT2D eigenvalue weighted by Gasteiger charge is 2.17. The van der Waals surface area contributed by atoms with Gasteiger partial charge in [0.05, 0.1) is 0 Å². The fourth-order valence-electron chi connectivity index (χ4n) is 1.17. The van der Waals surface area contributed by atoms with Gasteiger partial charge in [0, 0.05) is 13.1 Å². The molecule has 0 aliphatic rings. The van der Waals surface area contributed by atoms with Crippen molar-refractivity contribution >= 4 is 0 Å². The molecule has 66 valence electrons. The van der Waals surface area contributed by atoms with Gasteiger partial charge in [-0.3, -0.25) is 5.43 Å². The number of nitrogens with one attached hydrogen (secondary N) is 2. The van der Waals surface area contributed by atoms with Crippen LogP contribution in [0.25, 0.3) is 0 Å². The van der Waals surface area contributed by atoms with Crippen molar-refractivity contribution in [3.8, 4) is 0 Å². The molecule has 0 aromatic rings. The van der Waals surface area contributed by atoms with Crippen molar-refractivity contribution in [1.29, 1.82) is 5.53 Å². The lowest BCUT2D eigenvalue weighted by molar-refractivity contribution is 0.232. The van der Waals surface area contributed by atoms with Gasteiger partial charge in [0.2, 0.25) is 0 Å². The van der Waals surface area contributed by atoms with Crippen LogP contribution in [0, 0.1) is 10.9 Å². The minimum Gasteiger partial charge on any atom is -0.309 e. The Kier molecular flexibility index (Phi) is 4.03. The summed E-state index contributed by atoms with van der Waals surface area (Å²) in [5.41, 5.74) is 9.40. The molecule has 0 saturated carbocycles. The van der Waals surface area contributed by atoms with Gasteiger partial charge < -0.3 is 4.90 Å². The lowest BCUT2D eigenvalue weighted by Crippen LogP contribution is -2.35.